The standard InChI is InChI=1S/C18H16N6O3S/c1-9-4-12(23(3)21-9)17(25)20-16-5-10(2)22-24(16)18-19-11-6-13-14(27-8-26-13)7-15(11)28-18/h4-7H,8H2,1-3H3,(H,20,25). The fourth-order valence-corrected chi connectivity index (χ4v) is 4.08. The van der Waals surface area contributed by atoms with E-state index in [2.05, 4.69) is 20.5 Å². The van der Waals surface area contributed by atoms with Gasteiger partial charge in [0, 0.05) is 25.2 Å². The Labute approximate surface area is 163 Å². The summed E-state index contributed by atoms with van der Waals surface area (Å²) < 4.78 is 15.0. The van der Waals surface area contributed by atoms with E-state index in [1.54, 1.807) is 28.5 Å². The lowest BCUT2D eigenvalue weighted by Gasteiger charge is -2.06. The molecule has 0 aliphatic carbocycles. The molecule has 4 aromatic rings. The summed E-state index contributed by atoms with van der Waals surface area (Å²) in [5.41, 5.74) is 2.81. The van der Waals surface area contributed by atoms with Crippen LogP contribution in [0.1, 0.15) is 21.9 Å². The third-order valence-corrected chi connectivity index (χ3v) is 5.35. The summed E-state index contributed by atoms with van der Waals surface area (Å²) in [6.07, 6.45) is 0. The number of hydrogen-bond acceptors (Lipinski definition) is 7. The van der Waals surface area contributed by atoms with E-state index in [1.165, 1.54) is 11.3 Å². The van der Waals surface area contributed by atoms with Gasteiger partial charge in [0.25, 0.3) is 5.91 Å². The fourth-order valence-electron chi connectivity index (χ4n) is 3.13. The van der Waals surface area contributed by atoms with Crippen LogP contribution in [0.3, 0.4) is 0 Å². The maximum atomic E-state index is 12.7. The van der Waals surface area contributed by atoms with Crippen molar-refractivity contribution in [2.24, 2.45) is 7.05 Å². The van der Waals surface area contributed by atoms with Crippen LogP contribution in [0.4, 0.5) is 5.82 Å². The van der Waals surface area contributed by atoms with Gasteiger partial charge in [0.15, 0.2) is 11.5 Å². The highest BCUT2D eigenvalue weighted by molar-refractivity contribution is 7.20. The van der Waals surface area contributed by atoms with Crippen molar-refractivity contribution in [3.63, 3.8) is 0 Å². The van der Waals surface area contributed by atoms with E-state index in [4.69, 9.17) is 9.47 Å². The number of benzene rings is 1. The summed E-state index contributed by atoms with van der Waals surface area (Å²) in [6, 6.07) is 7.30. The molecule has 1 aromatic carbocycles. The van der Waals surface area contributed by atoms with Crippen molar-refractivity contribution in [1.29, 1.82) is 0 Å². The largest absolute Gasteiger partial charge is 0.454 e. The van der Waals surface area contributed by atoms with E-state index < -0.39 is 0 Å². The molecule has 0 fully saturated rings. The zero-order chi connectivity index (χ0) is 19.4. The number of fused-ring (bicyclic) bond motifs is 2. The quantitative estimate of drug-likeness (QED) is 0.572. The van der Waals surface area contributed by atoms with Crippen molar-refractivity contribution in [1.82, 2.24) is 24.5 Å². The number of carbonyl (C=O) groups is 1. The highest BCUT2D eigenvalue weighted by atomic mass is 32.1. The van der Waals surface area contributed by atoms with Crippen molar-refractivity contribution in [3.8, 4) is 16.6 Å². The molecule has 0 atom stereocenters. The number of carbonyl (C=O) groups excluding carboxylic acids is 1. The number of thiazole rings is 1. The first-order chi connectivity index (χ1) is 13.5. The van der Waals surface area contributed by atoms with Crippen molar-refractivity contribution in [2.45, 2.75) is 13.8 Å². The fraction of sp³-hybridized carbons (Fsp3) is 0.222. The molecule has 1 amide bonds. The molecule has 0 saturated heterocycles. The minimum Gasteiger partial charge on any atom is -0.454 e. The van der Waals surface area contributed by atoms with Crippen molar-refractivity contribution in [3.05, 3.63) is 41.3 Å². The van der Waals surface area contributed by atoms with Gasteiger partial charge in [0.1, 0.15) is 11.5 Å². The van der Waals surface area contributed by atoms with E-state index in [0.29, 0.717) is 28.1 Å². The average Bonchev–Trinajstić information content (AvgIpc) is 3.39. The van der Waals surface area contributed by atoms with Gasteiger partial charge in [-0.3, -0.25) is 9.48 Å². The smallest absolute Gasteiger partial charge is 0.275 e. The molecule has 0 unspecified atom stereocenters. The lowest BCUT2D eigenvalue weighted by atomic mass is 10.3. The molecule has 142 valence electrons. The van der Waals surface area contributed by atoms with Crippen LogP contribution in [-0.2, 0) is 7.05 Å². The molecule has 0 spiro atoms. The zero-order valence-corrected chi connectivity index (χ0v) is 16.2. The Bertz CT molecular complexity index is 1200. The number of hydrogen-bond donors (Lipinski definition) is 1. The van der Waals surface area contributed by atoms with Gasteiger partial charge in [-0.2, -0.15) is 14.9 Å². The average molecular weight is 396 g/mol. The van der Waals surface area contributed by atoms with E-state index in [-0.39, 0.29) is 12.7 Å². The maximum Gasteiger partial charge on any atom is 0.275 e. The highest BCUT2D eigenvalue weighted by Crippen LogP contribution is 2.38. The number of nitrogens with one attached hydrogen (secondary N) is 1. The van der Waals surface area contributed by atoms with E-state index >= 15 is 0 Å². The Morgan fingerprint density at radius 2 is 1.86 bits per heavy atom. The molecular weight excluding hydrogens is 380 g/mol. The SMILES string of the molecule is Cc1cc(C(=O)Nc2cc(C)nn2-c2nc3cc4c(cc3s2)OCO4)n(C)n1. The van der Waals surface area contributed by atoms with Crippen LogP contribution >= 0.6 is 11.3 Å². The van der Waals surface area contributed by atoms with Gasteiger partial charge in [-0.15, -0.1) is 0 Å². The zero-order valence-electron chi connectivity index (χ0n) is 15.4. The first kappa shape index (κ1) is 16.8. The van der Waals surface area contributed by atoms with Gasteiger partial charge < -0.3 is 14.8 Å². The molecule has 4 heterocycles. The van der Waals surface area contributed by atoms with Crippen LogP contribution in [0.25, 0.3) is 15.3 Å². The van der Waals surface area contributed by atoms with Crippen molar-refractivity contribution < 1.29 is 14.3 Å². The molecule has 1 N–H and O–H groups in total. The van der Waals surface area contributed by atoms with Gasteiger partial charge in [0.05, 0.1) is 21.6 Å². The van der Waals surface area contributed by atoms with Gasteiger partial charge in [0.2, 0.25) is 11.9 Å². The predicted molar refractivity (Wildman–Crippen MR) is 104 cm³/mol. The van der Waals surface area contributed by atoms with E-state index in [9.17, 15) is 4.79 Å². The van der Waals surface area contributed by atoms with E-state index in [1.807, 2.05) is 26.0 Å². The molecule has 3 aromatic heterocycles. The summed E-state index contributed by atoms with van der Waals surface area (Å²) in [5, 5.41) is 12.3. The van der Waals surface area contributed by atoms with Gasteiger partial charge in [-0.05, 0) is 19.9 Å². The predicted octanol–water partition coefficient (Wildman–Crippen LogP) is 2.81. The molecule has 1 aliphatic heterocycles. The number of ether oxygens (including phenoxy) is 2. The monoisotopic (exact) mass is 396 g/mol. The normalized spacial score (nSPS) is 12.7. The maximum absolute atomic E-state index is 12.7. The Morgan fingerprint density at radius 3 is 2.61 bits per heavy atom. The molecule has 1 aliphatic rings. The molecule has 9 nitrogen and oxygen atoms in total. The first-order valence-electron chi connectivity index (χ1n) is 8.57. The lowest BCUT2D eigenvalue weighted by molar-refractivity contribution is 0.101. The minimum absolute atomic E-state index is 0.224. The summed E-state index contributed by atoms with van der Waals surface area (Å²) in [5.74, 6) is 1.67. The molecule has 0 saturated carbocycles. The minimum atomic E-state index is -0.258. The third-order valence-electron chi connectivity index (χ3n) is 4.36. The Balaban J connectivity index is 1.52. The van der Waals surface area contributed by atoms with Gasteiger partial charge in [-0.1, -0.05) is 11.3 Å². The second-order valence-corrected chi connectivity index (χ2v) is 7.51. The molecule has 0 bridgehead atoms. The third kappa shape index (κ3) is 2.69. The van der Waals surface area contributed by atoms with Crippen LogP contribution < -0.4 is 14.8 Å². The second-order valence-electron chi connectivity index (χ2n) is 6.50. The summed E-state index contributed by atoms with van der Waals surface area (Å²) in [4.78, 5) is 17.3. The van der Waals surface area contributed by atoms with Crippen LogP contribution in [0, 0.1) is 13.8 Å². The van der Waals surface area contributed by atoms with Crippen LogP contribution in [0.15, 0.2) is 24.3 Å². The number of rotatable bonds is 3. The Morgan fingerprint density at radius 1 is 1.11 bits per heavy atom. The Hall–Kier alpha value is -3.40. The molecular formula is C18H16N6O3S. The number of aromatic nitrogens is 5. The van der Waals surface area contributed by atoms with Crippen LogP contribution in [0.2, 0.25) is 0 Å². The highest BCUT2D eigenvalue weighted by Gasteiger charge is 2.20. The number of anilines is 1. The number of aryl methyl sites for hydroxylation is 3. The number of amides is 1. The number of nitrogens with zero attached hydrogens (tertiary/aromatic N) is 5. The Kier molecular flexibility index (Phi) is 3.63. The van der Waals surface area contributed by atoms with Gasteiger partial charge >= 0.3 is 0 Å². The second kappa shape index (κ2) is 6.06. The van der Waals surface area contributed by atoms with Gasteiger partial charge in [-0.25, -0.2) is 4.98 Å². The first-order valence-corrected chi connectivity index (χ1v) is 9.39. The summed E-state index contributed by atoms with van der Waals surface area (Å²) >= 11 is 1.46. The molecule has 10 heteroatoms. The lowest BCUT2D eigenvalue weighted by Crippen LogP contribution is -2.18. The van der Waals surface area contributed by atoms with Crippen LogP contribution in [-0.4, -0.2) is 37.2 Å². The van der Waals surface area contributed by atoms with E-state index in [0.717, 1.165) is 21.6 Å². The molecule has 0 radical (unpaired) electrons. The topological polar surface area (TPSA) is 96.1 Å². The van der Waals surface area contributed by atoms with Crippen molar-refractivity contribution >= 4 is 33.3 Å². The molecule has 28 heavy (non-hydrogen) atoms. The summed E-state index contributed by atoms with van der Waals surface area (Å²) in [6.45, 7) is 3.93. The summed E-state index contributed by atoms with van der Waals surface area (Å²) in [7, 11) is 1.74. The van der Waals surface area contributed by atoms with Crippen molar-refractivity contribution in [2.75, 3.05) is 12.1 Å². The molecule has 5 rings (SSSR count). The van der Waals surface area contributed by atoms with Crippen LogP contribution in [0.5, 0.6) is 11.5 Å².